The number of benzene rings is 1. The third kappa shape index (κ3) is 2.65. The van der Waals surface area contributed by atoms with E-state index in [-0.39, 0.29) is 40.8 Å². The minimum absolute atomic E-state index is 0.0737. The molecule has 0 radical (unpaired) electrons. The Hall–Kier alpha value is -3.52. The zero-order valence-electron chi connectivity index (χ0n) is 17.5. The maximum atomic E-state index is 13.1. The van der Waals surface area contributed by atoms with E-state index in [0.717, 1.165) is 0 Å². The van der Waals surface area contributed by atoms with Crippen LogP contribution in [0.3, 0.4) is 0 Å². The second-order valence-electron chi connectivity index (χ2n) is 8.64. The number of hydrogen-bond donors (Lipinski definition) is 2. The number of rotatable bonds is 2. The van der Waals surface area contributed by atoms with Crippen LogP contribution in [0.25, 0.3) is 0 Å². The maximum Gasteiger partial charge on any atom is 0.257 e. The molecule has 4 unspecified atom stereocenters. The summed E-state index contributed by atoms with van der Waals surface area (Å²) in [5.74, 6) is -4.43. The molecule has 164 valence electrons. The lowest BCUT2D eigenvalue weighted by molar-refractivity contribution is -0.173. The lowest BCUT2D eigenvalue weighted by Crippen LogP contribution is -2.39. The van der Waals surface area contributed by atoms with E-state index in [1.165, 1.54) is 19.3 Å². The number of carbonyl (C=O) groups is 4. The first-order valence-electron chi connectivity index (χ1n) is 10.4. The van der Waals surface area contributed by atoms with E-state index >= 15 is 0 Å². The number of Topliss-reactive ketones (excluding diaryl/α,β-unsaturated/α-hetero) is 1. The predicted octanol–water partition coefficient (Wildman–Crippen LogP) is 2.22. The van der Waals surface area contributed by atoms with Crippen LogP contribution in [-0.4, -0.2) is 45.9 Å². The molecule has 0 aromatic heterocycles. The summed E-state index contributed by atoms with van der Waals surface area (Å²) in [6.45, 7) is 1.57. The Balaban J connectivity index is 1.74. The highest BCUT2D eigenvalue weighted by atomic mass is 16.5. The van der Waals surface area contributed by atoms with Crippen LogP contribution < -0.4 is 4.74 Å². The lowest BCUT2D eigenvalue weighted by Gasteiger charge is -2.42. The number of amides is 2. The molecule has 1 saturated heterocycles. The zero-order chi connectivity index (χ0) is 22.9. The standard InChI is InChI=1S/C24H21NO7/c1-10-7-18(27)21-16(22(10)28)9-14-12(4-5-13-20(14)24(30)25(31)23(13)29)19(21)15-8-11(32-2)3-6-17(15)26/h3-4,6-8,13-14,19-20,26,31H,5,9H2,1-2H3. The first-order chi connectivity index (χ1) is 15.2. The molecule has 4 atom stereocenters. The number of methoxy groups -OCH3 is 1. The molecule has 4 aliphatic rings. The number of ketones is 2. The topological polar surface area (TPSA) is 121 Å². The van der Waals surface area contributed by atoms with Crippen molar-refractivity contribution in [3.8, 4) is 11.5 Å². The fourth-order valence-corrected chi connectivity index (χ4v) is 5.61. The Morgan fingerprint density at radius 2 is 1.84 bits per heavy atom. The van der Waals surface area contributed by atoms with Crippen LogP contribution in [0, 0.1) is 17.8 Å². The molecule has 0 spiro atoms. The van der Waals surface area contributed by atoms with Gasteiger partial charge in [-0.15, -0.1) is 0 Å². The summed E-state index contributed by atoms with van der Waals surface area (Å²) in [5, 5.41) is 20.8. The second kappa shape index (κ2) is 7.00. The van der Waals surface area contributed by atoms with Crippen molar-refractivity contribution in [2.45, 2.75) is 25.7 Å². The minimum Gasteiger partial charge on any atom is -0.508 e. The number of fused-ring (bicyclic) bond motifs is 3. The van der Waals surface area contributed by atoms with Gasteiger partial charge in [-0.3, -0.25) is 24.4 Å². The van der Waals surface area contributed by atoms with Crippen LogP contribution in [0.2, 0.25) is 0 Å². The predicted molar refractivity (Wildman–Crippen MR) is 110 cm³/mol. The molecule has 3 aliphatic carbocycles. The third-order valence-electron chi connectivity index (χ3n) is 7.08. The van der Waals surface area contributed by atoms with Crippen LogP contribution in [-0.2, 0) is 19.2 Å². The molecule has 1 aliphatic heterocycles. The van der Waals surface area contributed by atoms with E-state index in [1.807, 2.05) is 6.08 Å². The van der Waals surface area contributed by atoms with E-state index in [4.69, 9.17) is 4.74 Å². The number of nitrogens with zero attached hydrogens (tertiary/aromatic N) is 1. The molecule has 5 rings (SSSR count). The second-order valence-corrected chi connectivity index (χ2v) is 8.64. The van der Waals surface area contributed by atoms with Crippen LogP contribution in [0.15, 0.2) is 52.6 Å². The third-order valence-corrected chi connectivity index (χ3v) is 7.08. The van der Waals surface area contributed by atoms with Gasteiger partial charge in [0, 0.05) is 28.2 Å². The largest absolute Gasteiger partial charge is 0.508 e. The summed E-state index contributed by atoms with van der Waals surface area (Å²) >= 11 is 0. The van der Waals surface area contributed by atoms with Gasteiger partial charge in [0.2, 0.25) is 0 Å². The number of phenolic OH excluding ortho intramolecular Hbond substituents is 1. The lowest BCUT2D eigenvalue weighted by atomic mass is 9.59. The van der Waals surface area contributed by atoms with E-state index in [2.05, 4.69) is 0 Å². The minimum atomic E-state index is -0.828. The number of imide groups is 1. The fourth-order valence-electron chi connectivity index (χ4n) is 5.61. The van der Waals surface area contributed by atoms with Gasteiger partial charge < -0.3 is 9.84 Å². The molecule has 0 bridgehead atoms. The van der Waals surface area contributed by atoms with Crippen molar-refractivity contribution in [3.63, 3.8) is 0 Å². The van der Waals surface area contributed by atoms with Gasteiger partial charge in [0.05, 0.1) is 18.9 Å². The quantitative estimate of drug-likeness (QED) is 0.316. The maximum absolute atomic E-state index is 13.1. The van der Waals surface area contributed by atoms with Gasteiger partial charge in [-0.2, -0.15) is 5.06 Å². The molecule has 0 saturated carbocycles. The highest BCUT2D eigenvalue weighted by Crippen LogP contribution is 2.56. The van der Waals surface area contributed by atoms with Crippen molar-refractivity contribution in [1.82, 2.24) is 5.06 Å². The number of allylic oxidation sites excluding steroid dienone is 6. The van der Waals surface area contributed by atoms with E-state index in [9.17, 15) is 29.5 Å². The molecule has 2 amide bonds. The van der Waals surface area contributed by atoms with E-state index in [1.54, 1.807) is 19.1 Å². The Labute approximate surface area is 183 Å². The normalized spacial score (nSPS) is 29.4. The van der Waals surface area contributed by atoms with Gasteiger partial charge in [-0.05, 0) is 50.0 Å². The monoisotopic (exact) mass is 435 g/mol. The van der Waals surface area contributed by atoms with E-state index in [0.29, 0.717) is 28.0 Å². The number of aromatic hydroxyl groups is 1. The summed E-state index contributed by atoms with van der Waals surface area (Å²) in [6.07, 6.45) is 3.45. The van der Waals surface area contributed by atoms with Gasteiger partial charge in [-0.1, -0.05) is 11.6 Å². The SMILES string of the molecule is COc1ccc(O)c(C2C3=CCC4C(=O)N(O)C(=O)C4C3CC3=C2C(=O)C=C(C)C3=O)c1. The number of hydroxylamine groups is 2. The number of ether oxygens (including phenoxy) is 1. The van der Waals surface area contributed by atoms with Gasteiger partial charge in [0.15, 0.2) is 11.6 Å². The molecule has 8 heteroatoms. The number of carbonyl (C=O) groups excluding carboxylic acids is 4. The summed E-state index contributed by atoms with van der Waals surface area (Å²) in [6, 6.07) is 4.66. The Morgan fingerprint density at radius 1 is 1.09 bits per heavy atom. The molecular weight excluding hydrogens is 414 g/mol. The zero-order valence-corrected chi connectivity index (χ0v) is 17.5. The number of hydrogen-bond acceptors (Lipinski definition) is 7. The number of phenols is 1. The van der Waals surface area contributed by atoms with Gasteiger partial charge >= 0.3 is 0 Å². The average molecular weight is 435 g/mol. The van der Waals surface area contributed by atoms with Gasteiger partial charge in [0.25, 0.3) is 11.8 Å². The highest BCUT2D eigenvalue weighted by molar-refractivity contribution is 6.23. The molecule has 1 fully saturated rings. The average Bonchev–Trinajstić information content (AvgIpc) is 3.00. The Kier molecular flexibility index (Phi) is 4.46. The Bertz CT molecular complexity index is 1200. The molecule has 1 heterocycles. The van der Waals surface area contributed by atoms with Crippen molar-refractivity contribution in [3.05, 3.63) is 58.2 Å². The fraction of sp³-hybridized carbons (Fsp3) is 0.333. The smallest absolute Gasteiger partial charge is 0.257 e. The van der Waals surface area contributed by atoms with Crippen molar-refractivity contribution >= 4 is 23.4 Å². The van der Waals surface area contributed by atoms with Crippen LogP contribution in [0.4, 0.5) is 0 Å². The first kappa shape index (κ1) is 20.4. The van der Waals surface area contributed by atoms with Crippen molar-refractivity contribution < 1.29 is 34.2 Å². The van der Waals surface area contributed by atoms with Crippen LogP contribution in [0.1, 0.15) is 31.2 Å². The molecule has 8 nitrogen and oxygen atoms in total. The van der Waals surface area contributed by atoms with Crippen molar-refractivity contribution in [2.75, 3.05) is 7.11 Å². The summed E-state index contributed by atoms with van der Waals surface area (Å²) in [5.41, 5.74) is 1.96. The molecule has 1 aromatic rings. The molecule has 32 heavy (non-hydrogen) atoms. The van der Waals surface area contributed by atoms with Crippen LogP contribution in [0.5, 0.6) is 11.5 Å². The summed E-state index contributed by atoms with van der Waals surface area (Å²) in [7, 11) is 1.48. The van der Waals surface area contributed by atoms with E-state index < -0.39 is 35.5 Å². The van der Waals surface area contributed by atoms with Crippen molar-refractivity contribution in [2.24, 2.45) is 17.8 Å². The molecule has 2 N–H and O–H groups in total. The molecular formula is C24H21NO7. The summed E-state index contributed by atoms with van der Waals surface area (Å²) < 4.78 is 5.30. The summed E-state index contributed by atoms with van der Waals surface area (Å²) in [4.78, 5) is 51.3. The van der Waals surface area contributed by atoms with Gasteiger partial charge in [0.1, 0.15) is 11.5 Å². The molecule has 1 aromatic carbocycles. The first-order valence-corrected chi connectivity index (χ1v) is 10.4. The van der Waals surface area contributed by atoms with Gasteiger partial charge in [-0.25, -0.2) is 0 Å². The highest BCUT2D eigenvalue weighted by Gasteiger charge is 2.56. The van der Waals surface area contributed by atoms with Crippen LogP contribution >= 0.6 is 0 Å². The Morgan fingerprint density at radius 3 is 2.56 bits per heavy atom. The van der Waals surface area contributed by atoms with Crippen molar-refractivity contribution in [1.29, 1.82) is 0 Å².